The minimum Gasteiger partial charge on any atom is -0.387 e. The first-order valence-electron chi connectivity index (χ1n) is 13.1. The van der Waals surface area contributed by atoms with Crippen molar-refractivity contribution < 1.29 is 35.9 Å². The second-order valence-electron chi connectivity index (χ2n) is 12.0. The Morgan fingerprint density at radius 2 is 1.71 bits per heavy atom. The summed E-state index contributed by atoms with van der Waals surface area (Å²) in [6.07, 6.45) is -5.79. The van der Waals surface area contributed by atoms with Crippen molar-refractivity contribution in [3.63, 3.8) is 0 Å². The number of piperidine rings is 1. The quantitative estimate of drug-likeness (QED) is 0.397. The van der Waals surface area contributed by atoms with Crippen LogP contribution in [0.2, 0.25) is 0 Å². The van der Waals surface area contributed by atoms with E-state index in [0.29, 0.717) is 49.9 Å². The molecule has 0 unspecified atom stereocenters. The lowest BCUT2D eigenvalue weighted by atomic mass is 9.49. The Balaban J connectivity index is 1.41. The van der Waals surface area contributed by atoms with Gasteiger partial charge in [0.25, 0.3) is 0 Å². The number of anilines is 1. The number of benzene rings is 1. The summed E-state index contributed by atoms with van der Waals surface area (Å²) >= 11 is 0. The van der Waals surface area contributed by atoms with Gasteiger partial charge in [-0.1, -0.05) is 13.8 Å². The molecule has 0 spiro atoms. The van der Waals surface area contributed by atoms with Crippen molar-refractivity contribution in [2.45, 2.75) is 71.6 Å². The largest absolute Gasteiger partial charge is 0.418 e. The number of halogens is 6. The van der Waals surface area contributed by atoms with Crippen molar-refractivity contribution in [3.05, 3.63) is 40.6 Å². The maximum absolute atomic E-state index is 13.6. The highest BCUT2D eigenvalue weighted by molar-refractivity contribution is 5.97. The van der Waals surface area contributed by atoms with Crippen LogP contribution in [0.4, 0.5) is 32.0 Å². The van der Waals surface area contributed by atoms with Gasteiger partial charge in [0, 0.05) is 35.6 Å². The number of ketones is 1. The van der Waals surface area contributed by atoms with Crippen molar-refractivity contribution in [2.24, 2.45) is 34.5 Å². The zero-order valence-corrected chi connectivity index (χ0v) is 21.6. The van der Waals surface area contributed by atoms with Gasteiger partial charge in [-0.2, -0.15) is 26.3 Å². The van der Waals surface area contributed by atoms with E-state index in [2.05, 4.69) is 17.6 Å². The second kappa shape index (κ2) is 8.74. The van der Waals surface area contributed by atoms with Gasteiger partial charge in [0.1, 0.15) is 0 Å². The second-order valence-corrected chi connectivity index (χ2v) is 12.0. The number of rotatable bonds is 2. The minimum atomic E-state index is -4.92. The van der Waals surface area contributed by atoms with Gasteiger partial charge >= 0.3 is 12.4 Å². The summed E-state index contributed by atoms with van der Waals surface area (Å²) in [6.45, 7) is 6.75. The number of carbonyl (C=O) groups excluding carboxylic acids is 2. The van der Waals surface area contributed by atoms with Crippen molar-refractivity contribution in [1.82, 2.24) is 5.32 Å². The fourth-order valence-corrected chi connectivity index (χ4v) is 8.26. The molecule has 208 valence electrons. The van der Waals surface area contributed by atoms with Crippen LogP contribution < -0.4 is 10.6 Å². The molecule has 1 amide bonds. The van der Waals surface area contributed by atoms with Gasteiger partial charge in [-0.05, 0) is 80.4 Å². The lowest BCUT2D eigenvalue weighted by Gasteiger charge is -2.58. The molecule has 6 atom stereocenters. The Bertz CT molecular complexity index is 1200. The minimum absolute atomic E-state index is 0.143. The van der Waals surface area contributed by atoms with Crippen LogP contribution in [0.15, 0.2) is 29.5 Å². The Kier molecular flexibility index (Phi) is 6.23. The summed E-state index contributed by atoms with van der Waals surface area (Å²) in [7, 11) is 0. The number of allylic oxidation sites excluding steroid dienone is 2. The number of hydrogen-bond donors (Lipinski definition) is 2. The first-order chi connectivity index (χ1) is 17.6. The van der Waals surface area contributed by atoms with Crippen LogP contribution in [0.1, 0.15) is 70.4 Å². The van der Waals surface area contributed by atoms with Crippen LogP contribution in [0.25, 0.3) is 0 Å². The topological polar surface area (TPSA) is 58.2 Å². The Labute approximate surface area is 217 Å². The molecule has 4 nitrogen and oxygen atoms in total. The van der Waals surface area contributed by atoms with Crippen molar-refractivity contribution in [1.29, 1.82) is 0 Å². The standard InChI is InChI=1S/C28H32F6N2O2/c1-14-22(37)9-11-26(3)18-8-10-25(2)17(16(18)13-35-23(14)26)6-7-20(25)24(38)36-21-12-15(27(29,30)31)4-5-19(21)28(32,33)34/h4-5,12,16-18,20,35H,6-11,13H2,1-3H3,(H,36,38)/t16-,17-,18-,20+,25-,26+/m0/s1. The number of carbonyl (C=O) groups is 2. The molecule has 2 saturated carbocycles. The predicted molar refractivity (Wildman–Crippen MR) is 129 cm³/mol. The Hall–Kier alpha value is -2.52. The van der Waals surface area contributed by atoms with Gasteiger partial charge in [0.15, 0.2) is 5.78 Å². The van der Waals surface area contributed by atoms with Gasteiger partial charge in [-0.25, -0.2) is 0 Å². The third-order valence-corrected chi connectivity index (χ3v) is 10.2. The first kappa shape index (κ1) is 27.1. The van der Waals surface area contributed by atoms with E-state index in [1.807, 2.05) is 13.8 Å². The lowest BCUT2D eigenvalue weighted by Crippen LogP contribution is -2.57. The summed E-state index contributed by atoms with van der Waals surface area (Å²) in [5.74, 6) is -0.405. The highest BCUT2D eigenvalue weighted by Gasteiger charge is 2.61. The summed E-state index contributed by atoms with van der Waals surface area (Å²) in [5, 5.41) is 5.77. The maximum atomic E-state index is 13.6. The molecular formula is C28H32F6N2O2. The van der Waals surface area contributed by atoms with E-state index < -0.39 is 46.4 Å². The number of Topliss-reactive ketones (excluding diaryl/α,β-unsaturated/α-hetero) is 1. The summed E-state index contributed by atoms with van der Waals surface area (Å²) < 4.78 is 80.5. The smallest absolute Gasteiger partial charge is 0.387 e. The van der Waals surface area contributed by atoms with Crippen LogP contribution in [-0.4, -0.2) is 18.2 Å². The SMILES string of the molecule is CC1=C2NC[C@H]3[C@@H]4CC[C@H](C(=O)Nc5cc(C(F)(F)F)ccc5C(F)(F)F)[C@@]4(C)CC[C@@H]3[C@@]2(C)CCC1=O. The van der Waals surface area contributed by atoms with Crippen LogP contribution >= 0.6 is 0 Å². The first-order valence-corrected chi connectivity index (χ1v) is 13.1. The van der Waals surface area contributed by atoms with Crippen LogP contribution in [-0.2, 0) is 21.9 Å². The molecule has 4 aliphatic rings. The monoisotopic (exact) mass is 542 g/mol. The summed E-state index contributed by atoms with van der Waals surface area (Å²) in [6, 6.07) is 1.13. The molecule has 1 heterocycles. The third kappa shape index (κ3) is 4.13. The van der Waals surface area contributed by atoms with E-state index in [4.69, 9.17) is 0 Å². The molecular weight excluding hydrogens is 510 g/mol. The fourth-order valence-electron chi connectivity index (χ4n) is 8.26. The van der Waals surface area contributed by atoms with E-state index in [1.54, 1.807) is 0 Å². The molecule has 0 aromatic heterocycles. The highest BCUT2D eigenvalue weighted by Crippen LogP contribution is 2.64. The summed E-state index contributed by atoms with van der Waals surface area (Å²) in [5.41, 5.74) is -2.24. The molecule has 10 heteroatoms. The fraction of sp³-hybridized carbons (Fsp3) is 0.643. The van der Waals surface area contributed by atoms with Crippen molar-refractivity contribution >= 4 is 17.4 Å². The number of nitrogens with one attached hydrogen (secondary N) is 2. The van der Waals surface area contributed by atoms with Gasteiger partial charge in [-0.3, -0.25) is 9.59 Å². The molecule has 1 aromatic carbocycles. The van der Waals surface area contributed by atoms with Crippen molar-refractivity contribution in [3.8, 4) is 0 Å². The zero-order valence-electron chi connectivity index (χ0n) is 21.6. The number of hydrogen-bond acceptors (Lipinski definition) is 3. The Morgan fingerprint density at radius 3 is 2.37 bits per heavy atom. The van der Waals surface area contributed by atoms with Gasteiger partial charge in [0.2, 0.25) is 5.91 Å². The molecule has 0 radical (unpaired) electrons. The van der Waals surface area contributed by atoms with Crippen molar-refractivity contribution in [2.75, 3.05) is 11.9 Å². The van der Waals surface area contributed by atoms with E-state index in [0.717, 1.165) is 30.5 Å². The molecule has 3 fully saturated rings. The third-order valence-electron chi connectivity index (χ3n) is 10.2. The molecule has 3 aliphatic carbocycles. The summed E-state index contributed by atoms with van der Waals surface area (Å²) in [4.78, 5) is 25.8. The highest BCUT2D eigenvalue weighted by atomic mass is 19.4. The van der Waals surface area contributed by atoms with Crippen LogP contribution in [0, 0.1) is 34.5 Å². The number of fused-ring (bicyclic) bond motifs is 5. The van der Waals surface area contributed by atoms with Gasteiger partial charge in [0.05, 0.1) is 16.8 Å². The average Bonchev–Trinajstić information content (AvgIpc) is 3.18. The van der Waals surface area contributed by atoms with Crippen LogP contribution in [0.5, 0.6) is 0 Å². The number of amides is 1. The maximum Gasteiger partial charge on any atom is 0.418 e. The number of alkyl halides is 6. The van der Waals surface area contributed by atoms with E-state index in [1.165, 1.54) is 0 Å². The zero-order chi connectivity index (χ0) is 27.8. The van der Waals surface area contributed by atoms with Crippen LogP contribution in [0.3, 0.4) is 0 Å². The molecule has 2 N–H and O–H groups in total. The average molecular weight is 543 g/mol. The molecule has 1 aliphatic heterocycles. The van der Waals surface area contributed by atoms with E-state index in [-0.39, 0.29) is 23.0 Å². The molecule has 38 heavy (non-hydrogen) atoms. The van der Waals surface area contributed by atoms with Gasteiger partial charge < -0.3 is 10.6 Å². The predicted octanol–water partition coefficient (Wildman–Crippen LogP) is 6.97. The van der Waals surface area contributed by atoms with E-state index >= 15 is 0 Å². The molecule has 5 rings (SSSR count). The molecule has 0 bridgehead atoms. The van der Waals surface area contributed by atoms with Gasteiger partial charge in [-0.15, -0.1) is 0 Å². The molecule has 1 aromatic rings. The molecule has 1 saturated heterocycles. The lowest BCUT2D eigenvalue weighted by molar-refractivity contribution is -0.141. The van der Waals surface area contributed by atoms with E-state index in [9.17, 15) is 35.9 Å². The normalized spacial score (nSPS) is 35.2. The Morgan fingerprint density at radius 1 is 1.00 bits per heavy atom.